The first-order valence-corrected chi connectivity index (χ1v) is 6.68. The second kappa shape index (κ2) is 5.48. The molecule has 0 saturated heterocycles. The molecule has 1 aliphatic carbocycles. The van der Waals surface area contributed by atoms with Crippen LogP contribution in [0, 0.1) is 15.5 Å². The third-order valence-electron chi connectivity index (χ3n) is 4.09. The summed E-state index contributed by atoms with van der Waals surface area (Å²) >= 11 is 0. The zero-order valence-corrected chi connectivity index (χ0v) is 11.3. The standard InChI is InChI=1S/C14H18N2O4/c1-14(13(17)18)8-3-2-7-12(14)15-10-5-4-6-11(9-10)16(19)20/h4-6,9,12,15H,2-3,7-8H2,1H3,(H,17,18). The number of benzene rings is 1. The lowest BCUT2D eigenvalue weighted by atomic mass is 9.71. The molecular weight excluding hydrogens is 260 g/mol. The van der Waals surface area contributed by atoms with Crippen molar-refractivity contribution in [3.63, 3.8) is 0 Å². The van der Waals surface area contributed by atoms with E-state index in [1.807, 2.05) is 0 Å². The van der Waals surface area contributed by atoms with E-state index < -0.39 is 16.3 Å². The van der Waals surface area contributed by atoms with E-state index in [0.717, 1.165) is 19.3 Å². The molecule has 0 bridgehead atoms. The van der Waals surface area contributed by atoms with Gasteiger partial charge in [0.1, 0.15) is 0 Å². The first kappa shape index (κ1) is 14.3. The van der Waals surface area contributed by atoms with Crippen LogP contribution in [0.25, 0.3) is 0 Å². The van der Waals surface area contributed by atoms with Crippen LogP contribution in [0.4, 0.5) is 11.4 Å². The normalized spacial score (nSPS) is 25.9. The van der Waals surface area contributed by atoms with E-state index in [1.54, 1.807) is 19.1 Å². The third-order valence-corrected chi connectivity index (χ3v) is 4.09. The average molecular weight is 278 g/mol. The molecule has 1 aromatic carbocycles. The lowest BCUT2D eigenvalue weighted by Crippen LogP contribution is -2.46. The van der Waals surface area contributed by atoms with Crippen molar-refractivity contribution < 1.29 is 14.8 Å². The van der Waals surface area contributed by atoms with Gasteiger partial charge in [0.2, 0.25) is 0 Å². The Bertz CT molecular complexity index is 532. The number of aliphatic carboxylic acids is 1. The van der Waals surface area contributed by atoms with Crippen molar-refractivity contribution in [2.24, 2.45) is 5.41 Å². The van der Waals surface area contributed by atoms with Crippen LogP contribution in [0.3, 0.4) is 0 Å². The molecule has 1 saturated carbocycles. The van der Waals surface area contributed by atoms with Crippen molar-refractivity contribution in [1.29, 1.82) is 0 Å². The van der Waals surface area contributed by atoms with Gasteiger partial charge in [-0.05, 0) is 25.8 Å². The van der Waals surface area contributed by atoms with Crippen molar-refractivity contribution in [3.8, 4) is 0 Å². The number of carboxylic acid groups (broad SMARTS) is 1. The molecule has 2 unspecified atom stereocenters. The Morgan fingerprint density at radius 3 is 2.90 bits per heavy atom. The lowest BCUT2D eigenvalue weighted by molar-refractivity contribution is -0.384. The van der Waals surface area contributed by atoms with Crippen LogP contribution in [-0.2, 0) is 4.79 Å². The topological polar surface area (TPSA) is 92.5 Å². The van der Waals surface area contributed by atoms with E-state index in [1.165, 1.54) is 12.1 Å². The Balaban J connectivity index is 2.21. The maximum Gasteiger partial charge on any atom is 0.311 e. The summed E-state index contributed by atoms with van der Waals surface area (Å²) in [4.78, 5) is 21.8. The summed E-state index contributed by atoms with van der Waals surface area (Å²) in [5.74, 6) is -0.819. The van der Waals surface area contributed by atoms with E-state index in [4.69, 9.17) is 0 Å². The van der Waals surface area contributed by atoms with Crippen LogP contribution < -0.4 is 5.32 Å². The highest BCUT2D eigenvalue weighted by molar-refractivity contribution is 5.76. The summed E-state index contributed by atoms with van der Waals surface area (Å²) in [5, 5.41) is 23.4. The molecule has 2 N–H and O–H groups in total. The largest absolute Gasteiger partial charge is 0.481 e. The van der Waals surface area contributed by atoms with Crippen molar-refractivity contribution in [3.05, 3.63) is 34.4 Å². The molecule has 0 spiro atoms. The molecule has 1 fully saturated rings. The number of hydrogen-bond acceptors (Lipinski definition) is 4. The average Bonchev–Trinajstić information content (AvgIpc) is 2.41. The second-order valence-corrected chi connectivity index (χ2v) is 5.47. The van der Waals surface area contributed by atoms with Crippen molar-refractivity contribution in [2.75, 3.05) is 5.32 Å². The summed E-state index contributed by atoms with van der Waals surface area (Å²) in [6, 6.07) is 5.97. The number of nitrogens with zero attached hydrogens (tertiary/aromatic N) is 1. The molecule has 20 heavy (non-hydrogen) atoms. The minimum atomic E-state index is -0.830. The van der Waals surface area contributed by atoms with Gasteiger partial charge in [-0.3, -0.25) is 14.9 Å². The smallest absolute Gasteiger partial charge is 0.311 e. The van der Waals surface area contributed by atoms with Gasteiger partial charge in [-0.1, -0.05) is 18.9 Å². The number of hydrogen-bond donors (Lipinski definition) is 2. The van der Waals surface area contributed by atoms with Gasteiger partial charge in [0.25, 0.3) is 5.69 Å². The fraction of sp³-hybridized carbons (Fsp3) is 0.500. The second-order valence-electron chi connectivity index (χ2n) is 5.47. The number of rotatable bonds is 4. The summed E-state index contributed by atoms with van der Waals surface area (Å²) in [7, 11) is 0. The highest BCUT2D eigenvalue weighted by Gasteiger charge is 2.43. The fourth-order valence-electron chi connectivity index (χ4n) is 2.73. The number of nitro benzene ring substituents is 1. The highest BCUT2D eigenvalue weighted by atomic mass is 16.6. The number of carboxylic acids is 1. The predicted octanol–water partition coefficient (Wildman–Crippen LogP) is 3.04. The predicted molar refractivity (Wildman–Crippen MR) is 74.7 cm³/mol. The van der Waals surface area contributed by atoms with Gasteiger partial charge in [0.15, 0.2) is 0 Å². The van der Waals surface area contributed by atoms with Crippen molar-refractivity contribution in [1.82, 2.24) is 0 Å². The van der Waals surface area contributed by atoms with Crippen LogP contribution >= 0.6 is 0 Å². The summed E-state index contributed by atoms with van der Waals surface area (Å²) in [5.41, 5.74) is -0.232. The molecule has 0 radical (unpaired) electrons. The zero-order chi connectivity index (χ0) is 14.8. The third kappa shape index (κ3) is 2.74. The molecule has 0 heterocycles. The van der Waals surface area contributed by atoms with Gasteiger partial charge in [0, 0.05) is 23.9 Å². The SMILES string of the molecule is CC1(C(=O)O)CCCCC1Nc1cccc([N+](=O)[O-])c1. The number of non-ortho nitro benzene ring substituents is 1. The number of anilines is 1. The van der Waals surface area contributed by atoms with Crippen LogP contribution in [-0.4, -0.2) is 22.0 Å². The maximum absolute atomic E-state index is 11.5. The van der Waals surface area contributed by atoms with Gasteiger partial charge in [-0.2, -0.15) is 0 Å². The van der Waals surface area contributed by atoms with E-state index in [0.29, 0.717) is 12.1 Å². The summed E-state index contributed by atoms with van der Waals surface area (Å²) < 4.78 is 0. The molecule has 0 amide bonds. The first-order valence-electron chi connectivity index (χ1n) is 6.68. The Morgan fingerprint density at radius 1 is 1.50 bits per heavy atom. The van der Waals surface area contributed by atoms with Gasteiger partial charge in [-0.25, -0.2) is 0 Å². The monoisotopic (exact) mass is 278 g/mol. The van der Waals surface area contributed by atoms with Crippen LogP contribution in [0.15, 0.2) is 24.3 Å². The van der Waals surface area contributed by atoms with E-state index >= 15 is 0 Å². The van der Waals surface area contributed by atoms with Gasteiger partial charge < -0.3 is 10.4 Å². The maximum atomic E-state index is 11.5. The number of carbonyl (C=O) groups is 1. The van der Waals surface area contributed by atoms with Crippen molar-refractivity contribution >= 4 is 17.3 Å². The minimum Gasteiger partial charge on any atom is -0.481 e. The minimum absolute atomic E-state index is 0.00263. The van der Waals surface area contributed by atoms with Gasteiger partial charge in [0.05, 0.1) is 10.3 Å². The van der Waals surface area contributed by atoms with Gasteiger partial charge >= 0.3 is 5.97 Å². The fourth-order valence-corrected chi connectivity index (χ4v) is 2.73. The van der Waals surface area contributed by atoms with E-state index in [-0.39, 0.29) is 11.7 Å². The molecule has 2 rings (SSSR count). The Kier molecular flexibility index (Phi) is 3.92. The molecular formula is C14H18N2O4. The Labute approximate surface area is 117 Å². The quantitative estimate of drug-likeness (QED) is 0.652. The van der Waals surface area contributed by atoms with Crippen LogP contribution in [0.5, 0.6) is 0 Å². The van der Waals surface area contributed by atoms with Crippen LogP contribution in [0.2, 0.25) is 0 Å². The molecule has 6 nitrogen and oxygen atoms in total. The van der Waals surface area contributed by atoms with Gasteiger partial charge in [-0.15, -0.1) is 0 Å². The first-order chi connectivity index (χ1) is 9.43. The molecule has 6 heteroatoms. The Morgan fingerprint density at radius 2 is 2.25 bits per heavy atom. The number of nitro groups is 1. The highest BCUT2D eigenvalue weighted by Crippen LogP contribution is 2.38. The van der Waals surface area contributed by atoms with E-state index in [2.05, 4.69) is 5.32 Å². The molecule has 0 aliphatic heterocycles. The van der Waals surface area contributed by atoms with E-state index in [9.17, 15) is 20.0 Å². The Hall–Kier alpha value is -2.11. The zero-order valence-electron chi connectivity index (χ0n) is 11.3. The summed E-state index contributed by atoms with van der Waals surface area (Å²) in [6.07, 6.45) is 3.24. The molecule has 1 aliphatic rings. The lowest BCUT2D eigenvalue weighted by Gasteiger charge is -2.38. The van der Waals surface area contributed by atoms with Crippen molar-refractivity contribution in [2.45, 2.75) is 38.6 Å². The van der Waals surface area contributed by atoms with Crippen LogP contribution in [0.1, 0.15) is 32.6 Å². The number of nitrogens with one attached hydrogen (secondary N) is 1. The summed E-state index contributed by atoms with van der Waals surface area (Å²) in [6.45, 7) is 1.74. The molecule has 108 valence electrons. The molecule has 0 aromatic heterocycles. The molecule has 2 atom stereocenters. The molecule has 1 aromatic rings.